The lowest BCUT2D eigenvalue weighted by Crippen LogP contribution is -1.89. The van der Waals surface area contributed by atoms with Crippen LogP contribution in [-0.4, -0.2) is 0 Å². The van der Waals surface area contributed by atoms with Crippen molar-refractivity contribution >= 4 is 5.57 Å². The molecule has 1 aliphatic carbocycles. The average molecular weight is 204 g/mol. The Morgan fingerprint density at radius 2 is 1.87 bits per heavy atom. The molecule has 0 radical (unpaired) electrons. The molecule has 0 saturated heterocycles. The smallest absolute Gasteiger partial charge is 0.131 e. The van der Waals surface area contributed by atoms with Crippen molar-refractivity contribution in [2.75, 3.05) is 0 Å². The first kappa shape index (κ1) is 9.84. The first-order valence-electron chi connectivity index (χ1n) is 4.77. The molecule has 0 aromatic heterocycles. The third kappa shape index (κ3) is 2.04. The summed E-state index contributed by atoms with van der Waals surface area (Å²) in [5, 5.41) is 0. The summed E-state index contributed by atoms with van der Waals surface area (Å²) in [6.45, 7) is 0. The normalized spacial score (nSPS) is 15.6. The molecule has 0 amide bonds. The quantitative estimate of drug-likeness (QED) is 0.648. The molecular weight excluding hydrogens is 194 g/mol. The van der Waals surface area contributed by atoms with E-state index in [4.69, 9.17) is 0 Å². The van der Waals surface area contributed by atoms with Crippen LogP contribution in [0.2, 0.25) is 0 Å². The lowest BCUT2D eigenvalue weighted by atomic mass is 10.0. The van der Waals surface area contributed by atoms with Crippen LogP contribution in [0.25, 0.3) is 5.57 Å². The molecule has 0 fully saturated rings. The highest BCUT2D eigenvalue weighted by molar-refractivity contribution is 5.78. The Kier molecular flexibility index (Phi) is 2.77. The molecule has 0 unspecified atom stereocenters. The van der Waals surface area contributed by atoms with Crippen molar-refractivity contribution in [3.05, 3.63) is 65.8 Å². The molecule has 0 nitrogen and oxygen atoms in total. The van der Waals surface area contributed by atoms with Crippen molar-refractivity contribution in [1.29, 1.82) is 0 Å². The van der Waals surface area contributed by atoms with Gasteiger partial charge in [-0.3, -0.25) is 0 Å². The zero-order valence-corrected chi connectivity index (χ0v) is 8.08. The summed E-state index contributed by atoms with van der Waals surface area (Å²) in [5.74, 6) is -0.771. The van der Waals surface area contributed by atoms with Gasteiger partial charge in [-0.15, -0.1) is 0 Å². The molecule has 0 heterocycles. The minimum absolute atomic E-state index is 0.304. The summed E-state index contributed by atoms with van der Waals surface area (Å²) in [5.41, 5.74) is 0.611. The second-order valence-electron chi connectivity index (χ2n) is 3.28. The van der Waals surface area contributed by atoms with Crippen LogP contribution in [-0.2, 0) is 0 Å². The molecule has 0 atom stereocenters. The highest BCUT2D eigenvalue weighted by Crippen LogP contribution is 2.28. The maximum absolute atomic E-state index is 13.6. The van der Waals surface area contributed by atoms with Gasteiger partial charge in [0.2, 0.25) is 0 Å². The van der Waals surface area contributed by atoms with E-state index in [2.05, 4.69) is 0 Å². The topological polar surface area (TPSA) is 0 Å². The standard InChI is InChI=1S/C13H10F2/c14-12-8-3-1-2-6-10(12)11-7-4-5-9-13(11)15/h1-2,4-9H,3H2. The third-order valence-corrected chi connectivity index (χ3v) is 2.25. The summed E-state index contributed by atoms with van der Waals surface area (Å²) in [6, 6.07) is 6.19. The van der Waals surface area contributed by atoms with Gasteiger partial charge >= 0.3 is 0 Å². The lowest BCUT2D eigenvalue weighted by molar-refractivity contribution is 0.619. The predicted molar refractivity (Wildman–Crippen MR) is 57.3 cm³/mol. The van der Waals surface area contributed by atoms with Crippen LogP contribution in [0.15, 0.2) is 54.4 Å². The SMILES string of the molecule is FC1=CCC=CC=C1c1ccccc1F. The van der Waals surface area contributed by atoms with E-state index in [1.807, 2.05) is 6.08 Å². The minimum Gasteiger partial charge on any atom is -0.207 e. The Hall–Kier alpha value is -1.70. The van der Waals surface area contributed by atoms with Crippen molar-refractivity contribution in [1.82, 2.24) is 0 Å². The van der Waals surface area contributed by atoms with Crippen molar-refractivity contribution < 1.29 is 8.78 Å². The maximum Gasteiger partial charge on any atom is 0.131 e. The number of benzene rings is 1. The van der Waals surface area contributed by atoms with Crippen LogP contribution in [0.4, 0.5) is 8.78 Å². The molecule has 1 aromatic carbocycles. The fraction of sp³-hybridized carbons (Fsp3) is 0.0769. The Balaban J connectivity index is 2.50. The molecule has 0 spiro atoms. The summed E-state index contributed by atoms with van der Waals surface area (Å²) in [4.78, 5) is 0. The van der Waals surface area contributed by atoms with Gasteiger partial charge in [0.05, 0.1) is 0 Å². The summed E-state index contributed by atoms with van der Waals surface area (Å²) < 4.78 is 27.0. The maximum atomic E-state index is 13.6. The molecule has 2 heteroatoms. The fourth-order valence-electron chi connectivity index (χ4n) is 1.50. The highest BCUT2D eigenvalue weighted by atomic mass is 19.1. The predicted octanol–water partition coefficient (Wildman–Crippen LogP) is 4.02. The molecule has 1 aliphatic rings. The van der Waals surface area contributed by atoms with Gasteiger partial charge in [0.1, 0.15) is 11.6 Å². The Bertz CT molecular complexity index is 453. The van der Waals surface area contributed by atoms with E-state index in [0.29, 0.717) is 17.6 Å². The summed E-state index contributed by atoms with van der Waals surface area (Å²) in [7, 11) is 0. The Morgan fingerprint density at radius 3 is 2.67 bits per heavy atom. The van der Waals surface area contributed by atoms with E-state index in [9.17, 15) is 8.78 Å². The first-order chi connectivity index (χ1) is 7.29. The Morgan fingerprint density at radius 1 is 1.07 bits per heavy atom. The van der Waals surface area contributed by atoms with Crippen LogP contribution in [0.3, 0.4) is 0 Å². The number of halogens is 2. The van der Waals surface area contributed by atoms with Gasteiger partial charge in [-0.05, 0) is 18.6 Å². The van der Waals surface area contributed by atoms with Gasteiger partial charge in [0.15, 0.2) is 0 Å². The molecule has 76 valence electrons. The van der Waals surface area contributed by atoms with Crippen LogP contribution in [0.1, 0.15) is 12.0 Å². The van der Waals surface area contributed by atoms with Crippen LogP contribution < -0.4 is 0 Å². The van der Waals surface area contributed by atoms with Gasteiger partial charge in [0.25, 0.3) is 0 Å². The van der Waals surface area contributed by atoms with E-state index in [0.717, 1.165) is 0 Å². The number of allylic oxidation sites excluding steroid dienone is 6. The zero-order chi connectivity index (χ0) is 10.7. The zero-order valence-electron chi connectivity index (χ0n) is 8.08. The number of hydrogen-bond acceptors (Lipinski definition) is 0. The molecule has 0 saturated carbocycles. The molecule has 0 N–H and O–H groups in total. The van der Waals surface area contributed by atoms with Crippen molar-refractivity contribution in [3.63, 3.8) is 0 Å². The van der Waals surface area contributed by atoms with E-state index in [1.54, 1.807) is 30.4 Å². The second-order valence-corrected chi connectivity index (χ2v) is 3.28. The minimum atomic E-state index is -0.400. The van der Waals surface area contributed by atoms with E-state index in [1.165, 1.54) is 12.1 Å². The molecule has 1 aromatic rings. The van der Waals surface area contributed by atoms with Crippen molar-refractivity contribution in [2.45, 2.75) is 6.42 Å². The van der Waals surface area contributed by atoms with Gasteiger partial charge in [0, 0.05) is 11.1 Å². The van der Waals surface area contributed by atoms with E-state index < -0.39 is 5.82 Å². The lowest BCUT2D eigenvalue weighted by Gasteiger charge is -2.05. The molecule has 2 rings (SSSR count). The second kappa shape index (κ2) is 4.22. The largest absolute Gasteiger partial charge is 0.207 e. The van der Waals surface area contributed by atoms with Gasteiger partial charge in [-0.2, -0.15) is 0 Å². The van der Waals surface area contributed by atoms with E-state index >= 15 is 0 Å². The summed E-state index contributed by atoms with van der Waals surface area (Å²) >= 11 is 0. The molecular formula is C13H10F2. The van der Waals surface area contributed by atoms with Crippen molar-refractivity contribution in [3.8, 4) is 0 Å². The van der Waals surface area contributed by atoms with Crippen LogP contribution in [0, 0.1) is 5.82 Å². The molecule has 15 heavy (non-hydrogen) atoms. The van der Waals surface area contributed by atoms with Gasteiger partial charge in [-0.25, -0.2) is 8.78 Å². The molecule has 0 aliphatic heterocycles. The van der Waals surface area contributed by atoms with Crippen LogP contribution in [0.5, 0.6) is 0 Å². The fourth-order valence-corrected chi connectivity index (χ4v) is 1.50. The monoisotopic (exact) mass is 204 g/mol. The third-order valence-electron chi connectivity index (χ3n) is 2.25. The average Bonchev–Trinajstić information content (AvgIpc) is 2.44. The van der Waals surface area contributed by atoms with Crippen LogP contribution >= 0.6 is 0 Å². The van der Waals surface area contributed by atoms with Crippen molar-refractivity contribution in [2.24, 2.45) is 0 Å². The van der Waals surface area contributed by atoms with E-state index in [-0.39, 0.29) is 5.83 Å². The molecule has 0 bridgehead atoms. The number of rotatable bonds is 1. The summed E-state index contributed by atoms with van der Waals surface area (Å²) in [6.07, 6.45) is 7.15. The Labute approximate surface area is 87.2 Å². The van der Waals surface area contributed by atoms with Gasteiger partial charge < -0.3 is 0 Å². The number of hydrogen-bond donors (Lipinski definition) is 0. The highest BCUT2D eigenvalue weighted by Gasteiger charge is 2.11. The first-order valence-corrected chi connectivity index (χ1v) is 4.77. The van der Waals surface area contributed by atoms with Gasteiger partial charge in [-0.1, -0.05) is 36.4 Å².